The summed E-state index contributed by atoms with van der Waals surface area (Å²) in [7, 11) is 0. The van der Waals surface area contributed by atoms with Gasteiger partial charge in [-0.3, -0.25) is 10.1 Å². The summed E-state index contributed by atoms with van der Waals surface area (Å²) in [5.41, 5.74) is 1.14. The topological polar surface area (TPSA) is 68.3 Å². The lowest BCUT2D eigenvalue weighted by Gasteiger charge is -2.12. The van der Waals surface area contributed by atoms with E-state index in [1.54, 1.807) is 18.4 Å². The molecule has 1 heterocycles. The molecule has 0 bridgehead atoms. The van der Waals surface area contributed by atoms with Gasteiger partial charge in [0.25, 0.3) is 5.69 Å². The third kappa shape index (κ3) is 3.93. The van der Waals surface area contributed by atoms with Gasteiger partial charge in [-0.25, -0.2) is 0 Å². The second kappa shape index (κ2) is 6.15. The van der Waals surface area contributed by atoms with Crippen LogP contribution in [-0.4, -0.2) is 11.0 Å². The molecule has 1 atom stereocenters. The molecule has 2 aromatic rings. The van der Waals surface area contributed by atoms with Gasteiger partial charge in [0.05, 0.1) is 11.2 Å². The van der Waals surface area contributed by atoms with Gasteiger partial charge in [-0.2, -0.15) is 0 Å². The second-order valence-corrected chi connectivity index (χ2v) is 4.49. The van der Waals surface area contributed by atoms with Crippen molar-refractivity contribution in [3.05, 3.63) is 64.1 Å². The van der Waals surface area contributed by atoms with Gasteiger partial charge in [-0.05, 0) is 24.6 Å². The van der Waals surface area contributed by atoms with Gasteiger partial charge in [-0.1, -0.05) is 12.1 Å². The number of nitro benzene ring substituents is 1. The van der Waals surface area contributed by atoms with Crippen molar-refractivity contribution in [3.8, 4) is 0 Å². The molecule has 5 heteroatoms. The number of nitrogens with zero attached hydrogens (tertiary/aromatic N) is 1. The lowest BCUT2D eigenvalue weighted by Crippen LogP contribution is -2.27. The first-order valence-electron chi connectivity index (χ1n) is 6.14. The standard InChI is InChI=1S/C14H16N2O3/c1-11(9-14-3-2-8-19-14)15-10-12-4-6-13(7-5-12)16(17)18/h2-8,11,15H,9-10H2,1H3. The van der Waals surface area contributed by atoms with Crippen LogP contribution in [0.2, 0.25) is 0 Å². The number of nitrogens with one attached hydrogen (secondary N) is 1. The van der Waals surface area contributed by atoms with Crippen LogP contribution in [0.3, 0.4) is 0 Å². The molecular weight excluding hydrogens is 244 g/mol. The third-order valence-corrected chi connectivity index (χ3v) is 2.89. The fourth-order valence-electron chi connectivity index (χ4n) is 1.83. The summed E-state index contributed by atoms with van der Waals surface area (Å²) in [5.74, 6) is 0.948. The van der Waals surface area contributed by atoms with E-state index in [4.69, 9.17) is 4.42 Å². The number of rotatable bonds is 6. The van der Waals surface area contributed by atoms with E-state index in [1.165, 1.54) is 12.1 Å². The molecule has 100 valence electrons. The van der Waals surface area contributed by atoms with Crippen molar-refractivity contribution in [2.75, 3.05) is 0 Å². The Balaban J connectivity index is 1.83. The monoisotopic (exact) mass is 260 g/mol. The summed E-state index contributed by atoms with van der Waals surface area (Å²) < 4.78 is 5.28. The number of hydrogen-bond acceptors (Lipinski definition) is 4. The van der Waals surface area contributed by atoms with E-state index >= 15 is 0 Å². The first kappa shape index (κ1) is 13.3. The van der Waals surface area contributed by atoms with Gasteiger partial charge in [0.2, 0.25) is 0 Å². The van der Waals surface area contributed by atoms with E-state index in [-0.39, 0.29) is 11.7 Å². The fraction of sp³-hybridized carbons (Fsp3) is 0.286. The Bertz CT molecular complexity index is 520. The van der Waals surface area contributed by atoms with Crippen molar-refractivity contribution in [2.45, 2.75) is 25.9 Å². The van der Waals surface area contributed by atoms with E-state index in [9.17, 15) is 10.1 Å². The van der Waals surface area contributed by atoms with Crippen LogP contribution in [0.25, 0.3) is 0 Å². The van der Waals surface area contributed by atoms with Crippen molar-refractivity contribution in [1.29, 1.82) is 0 Å². The van der Waals surface area contributed by atoms with Crippen LogP contribution in [0.5, 0.6) is 0 Å². The van der Waals surface area contributed by atoms with Crippen LogP contribution in [0.1, 0.15) is 18.2 Å². The molecule has 0 saturated carbocycles. The van der Waals surface area contributed by atoms with Crippen molar-refractivity contribution in [1.82, 2.24) is 5.32 Å². The molecule has 0 fully saturated rings. The van der Waals surface area contributed by atoms with E-state index in [0.29, 0.717) is 6.54 Å². The number of benzene rings is 1. The lowest BCUT2D eigenvalue weighted by atomic mass is 10.1. The molecule has 1 unspecified atom stereocenters. The molecule has 0 amide bonds. The van der Waals surface area contributed by atoms with Gasteiger partial charge in [0, 0.05) is 31.1 Å². The molecule has 0 aliphatic carbocycles. The van der Waals surface area contributed by atoms with Crippen molar-refractivity contribution >= 4 is 5.69 Å². The highest BCUT2D eigenvalue weighted by Gasteiger charge is 2.07. The lowest BCUT2D eigenvalue weighted by molar-refractivity contribution is -0.384. The smallest absolute Gasteiger partial charge is 0.269 e. The Morgan fingerprint density at radius 2 is 2.05 bits per heavy atom. The summed E-state index contributed by atoms with van der Waals surface area (Å²) in [5, 5.41) is 13.9. The van der Waals surface area contributed by atoms with Crippen molar-refractivity contribution in [2.24, 2.45) is 0 Å². The minimum Gasteiger partial charge on any atom is -0.469 e. The van der Waals surface area contributed by atoms with Gasteiger partial charge in [-0.15, -0.1) is 0 Å². The first-order valence-corrected chi connectivity index (χ1v) is 6.14. The molecule has 0 spiro atoms. The maximum absolute atomic E-state index is 10.5. The quantitative estimate of drug-likeness (QED) is 0.640. The van der Waals surface area contributed by atoms with E-state index in [2.05, 4.69) is 12.2 Å². The third-order valence-electron chi connectivity index (χ3n) is 2.89. The van der Waals surface area contributed by atoms with Gasteiger partial charge < -0.3 is 9.73 Å². The SMILES string of the molecule is CC(Cc1ccco1)NCc1ccc([N+](=O)[O-])cc1. The molecule has 1 aromatic heterocycles. The summed E-state index contributed by atoms with van der Waals surface area (Å²) >= 11 is 0. The number of furan rings is 1. The maximum Gasteiger partial charge on any atom is 0.269 e. The highest BCUT2D eigenvalue weighted by atomic mass is 16.6. The van der Waals surface area contributed by atoms with Crippen LogP contribution in [0, 0.1) is 10.1 Å². The molecule has 5 nitrogen and oxygen atoms in total. The van der Waals surface area contributed by atoms with Gasteiger partial charge in [0.15, 0.2) is 0 Å². The van der Waals surface area contributed by atoms with E-state index in [0.717, 1.165) is 17.7 Å². The van der Waals surface area contributed by atoms with Crippen LogP contribution < -0.4 is 5.32 Å². The second-order valence-electron chi connectivity index (χ2n) is 4.49. The Labute approximate surface area is 111 Å². The molecule has 0 saturated heterocycles. The Hall–Kier alpha value is -2.14. The van der Waals surface area contributed by atoms with Crippen LogP contribution in [0.15, 0.2) is 47.1 Å². The molecule has 1 aromatic carbocycles. The molecule has 2 rings (SSSR count). The minimum absolute atomic E-state index is 0.118. The molecule has 0 aliphatic rings. The normalized spacial score (nSPS) is 12.3. The van der Waals surface area contributed by atoms with Crippen molar-refractivity contribution in [3.63, 3.8) is 0 Å². The summed E-state index contributed by atoms with van der Waals surface area (Å²) in [6.07, 6.45) is 2.48. The molecular formula is C14H16N2O3. The maximum atomic E-state index is 10.5. The highest BCUT2D eigenvalue weighted by molar-refractivity contribution is 5.32. The highest BCUT2D eigenvalue weighted by Crippen LogP contribution is 2.12. The fourth-order valence-corrected chi connectivity index (χ4v) is 1.83. The summed E-state index contributed by atoms with van der Waals surface area (Å²) in [4.78, 5) is 10.1. The average Bonchev–Trinajstić information content (AvgIpc) is 2.89. The van der Waals surface area contributed by atoms with E-state index < -0.39 is 4.92 Å². The summed E-state index contributed by atoms with van der Waals surface area (Å²) in [6, 6.07) is 10.7. The predicted molar refractivity (Wildman–Crippen MR) is 71.8 cm³/mol. The zero-order chi connectivity index (χ0) is 13.7. The number of hydrogen-bond donors (Lipinski definition) is 1. The zero-order valence-electron chi connectivity index (χ0n) is 10.7. The molecule has 0 aliphatic heterocycles. The molecule has 0 radical (unpaired) electrons. The predicted octanol–water partition coefficient (Wildman–Crippen LogP) is 2.91. The average molecular weight is 260 g/mol. The van der Waals surface area contributed by atoms with Crippen LogP contribution in [-0.2, 0) is 13.0 Å². The molecule has 1 N–H and O–H groups in total. The van der Waals surface area contributed by atoms with Crippen molar-refractivity contribution < 1.29 is 9.34 Å². The Morgan fingerprint density at radius 3 is 2.63 bits per heavy atom. The summed E-state index contributed by atoms with van der Waals surface area (Å²) in [6.45, 7) is 2.76. The molecule has 19 heavy (non-hydrogen) atoms. The van der Waals surface area contributed by atoms with Crippen LogP contribution >= 0.6 is 0 Å². The first-order chi connectivity index (χ1) is 9.15. The largest absolute Gasteiger partial charge is 0.469 e. The van der Waals surface area contributed by atoms with Gasteiger partial charge in [0.1, 0.15) is 5.76 Å². The minimum atomic E-state index is -0.392. The van der Waals surface area contributed by atoms with E-state index in [1.807, 2.05) is 12.1 Å². The Morgan fingerprint density at radius 1 is 1.32 bits per heavy atom. The number of nitro groups is 1. The van der Waals surface area contributed by atoms with Gasteiger partial charge >= 0.3 is 0 Å². The number of non-ortho nitro benzene ring substituents is 1. The zero-order valence-corrected chi connectivity index (χ0v) is 10.7. The van der Waals surface area contributed by atoms with Crippen LogP contribution in [0.4, 0.5) is 5.69 Å². The Kier molecular flexibility index (Phi) is 4.30.